The highest BCUT2D eigenvalue weighted by atomic mass is 16.5. The van der Waals surface area contributed by atoms with Gasteiger partial charge in [0.25, 0.3) is 6.47 Å². The quantitative estimate of drug-likeness (QED) is 0.544. The number of ether oxygens (including phenoxy) is 1. The molecule has 0 saturated carbocycles. The molecule has 1 fully saturated rings. The molecule has 1 aromatic carbocycles. The third-order valence-electron chi connectivity index (χ3n) is 4.89. The Labute approximate surface area is 178 Å². The maximum absolute atomic E-state index is 12.4. The molecule has 0 bridgehead atoms. The van der Waals surface area contributed by atoms with E-state index in [1.807, 2.05) is 44.2 Å². The Morgan fingerprint density at radius 3 is 2.17 bits per heavy atom. The third-order valence-corrected chi connectivity index (χ3v) is 4.89. The van der Waals surface area contributed by atoms with Gasteiger partial charge in [0, 0.05) is 25.1 Å². The number of benzene rings is 1. The number of Topliss-reactive ketones (excluding diaryl/α,β-unsaturated/α-hetero) is 1. The van der Waals surface area contributed by atoms with E-state index in [2.05, 4.69) is 10.1 Å². The molecule has 7 nitrogen and oxygen atoms in total. The monoisotopic (exact) mass is 416 g/mol. The smallest absolute Gasteiger partial charge is 0.292 e. The van der Waals surface area contributed by atoms with Gasteiger partial charge in [0.1, 0.15) is 0 Å². The average molecular weight is 417 g/mol. The summed E-state index contributed by atoms with van der Waals surface area (Å²) in [4.78, 5) is 47.1. The second-order valence-electron chi connectivity index (χ2n) is 7.52. The highest BCUT2D eigenvalue weighted by molar-refractivity contribution is 5.92. The normalized spacial score (nSPS) is 15.2. The van der Waals surface area contributed by atoms with Crippen molar-refractivity contribution in [2.75, 3.05) is 20.2 Å². The van der Waals surface area contributed by atoms with Crippen LogP contribution >= 0.6 is 0 Å². The molecule has 1 heterocycles. The fourth-order valence-corrected chi connectivity index (χ4v) is 3.21. The number of hydrogen-bond acceptors (Lipinski definition) is 5. The lowest BCUT2D eigenvalue weighted by molar-refractivity contribution is -0.134. The summed E-state index contributed by atoms with van der Waals surface area (Å²) in [5.74, 6) is -0.201. The summed E-state index contributed by atoms with van der Waals surface area (Å²) in [7, 11) is 1.31. The van der Waals surface area contributed by atoms with Crippen molar-refractivity contribution in [2.24, 2.45) is 11.8 Å². The first kappa shape index (κ1) is 25.1. The molecule has 1 aliphatic rings. The van der Waals surface area contributed by atoms with Crippen LogP contribution in [-0.2, 0) is 23.9 Å². The molecule has 1 aliphatic heterocycles. The van der Waals surface area contributed by atoms with Crippen molar-refractivity contribution in [2.45, 2.75) is 39.7 Å². The zero-order valence-corrected chi connectivity index (χ0v) is 18.2. The predicted molar refractivity (Wildman–Crippen MR) is 115 cm³/mol. The summed E-state index contributed by atoms with van der Waals surface area (Å²) in [6.45, 7) is 6.84. The number of rotatable bonds is 7. The van der Waals surface area contributed by atoms with Crippen molar-refractivity contribution >= 4 is 30.1 Å². The van der Waals surface area contributed by atoms with E-state index in [0.717, 1.165) is 5.56 Å². The number of carbonyl (C=O) groups excluding carboxylic acids is 4. The Kier molecular flexibility index (Phi) is 11.1. The molecule has 2 amide bonds. The summed E-state index contributed by atoms with van der Waals surface area (Å²) >= 11 is 0. The van der Waals surface area contributed by atoms with Crippen LogP contribution < -0.4 is 5.32 Å². The van der Waals surface area contributed by atoms with Crippen LogP contribution in [0.5, 0.6) is 0 Å². The minimum atomic E-state index is -0.434. The molecule has 1 saturated heterocycles. The molecular weight excluding hydrogens is 384 g/mol. The van der Waals surface area contributed by atoms with E-state index in [9.17, 15) is 14.4 Å². The van der Waals surface area contributed by atoms with E-state index in [0.29, 0.717) is 32.4 Å². The Morgan fingerprint density at radius 2 is 1.70 bits per heavy atom. The molecule has 1 atom stereocenters. The number of amides is 2. The maximum Gasteiger partial charge on any atom is 0.292 e. The largest absolute Gasteiger partial charge is 0.471 e. The number of carbonyl (C=O) groups is 4. The van der Waals surface area contributed by atoms with Gasteiger partial charge in [-0.1, -0.05) is 44.2 Å². The van der Waals surface area contributed by atoms with Crippen LogP contribution in [0.1, 0.15) is 39.2 Å². The molecule has 164 valence electrons. The molecule has 0 spiro atoms. The van der Waals surface area contributed by atoms with Gasteiger partial charge in [-0.15, -0.1) is 0 Å². The number of likely N-dealkylation sites (tertiary alicyclic amines) is 1. The van der Waals surface area contributed by atoms with Gasteiger partial charge in [-0.05, 0) is 37.3 Å². The standard InChI is InChI=1S/C21H28N2O3.C2H4O2/c1-15(2)20(16(3)24)22-21(26)18-11-13-23(14-12-18)19(25)10-9-17-7-5-4-6-8-17;1-4-2-3/h4-10,15,18,20H,11-14H2,1-3H3,(H,22,26);2H,1H3/b10-9+;. The fraction of sp³-hybridized carbons (Fsp3) is 0.478. The van der Waals surface area contributed by atoms with Gasteiger partial charge in [-0.3, -0.25) is 19.2 Å². The van der Waals surface area contributed by atoms with Gasteiger partial charge < -0.3 is 15.0 Å². The molecule has 1 aromatic rings. The van der Waals surface area contributed by atoms with Crippen molar-refractivity contribution in [3.8, 4) is 0 Å². The first-order chi connectivity index (χ1) is 14.3. The Morgan fingerprint density at radius 1 is 1.13 bits per heavy atom. The number of piperidine rings is 1. The highest BCUT2D eigenvalue weighted by Gasteiger charge is 2.29. The molecule has 1 unspecified atom stereocenters. The highest BCUT2D eigenvalue weighted by Crippen LogP contribution is 2.19. The van der Waals surface area contributed by atoms with E-state index in [4.69, 9.17) is 4.79 Å². The summed E-state index contributed by atoms with van der Waals surface area (Å²) in [5.41, 5.74) is 0.985. The van der Waals surface area contributed by atoms with Crippen LogP contribution in [0.15, 0.2) is 36.4 Å². The lowest BCUT2D eigenvalue weighted by atomic mass is 9.93. The van der Waals surface area contributed by atoms with Crippen molar-refractivity contribution in [3.63, 3.8) is 0 Å². The van der Waals surface area contributed by atoms with E-state index in [1.165, 1.54) is 14.0 Å². The average Bonchev–Trinajstić information content (AvgIpc) is 2.76. The zero-order valence-electron chi connectivity index (χ0n) is 18.2. The third kappa shape index (κ3) is 8.59. The van der Waals surface area contributed by atoms with E-state index in [1.54, 1.807) is 17.1 Å². The van der Waals surface area contributed by atoms with Crippen molar-refractivity contribution in [1.82, 2.24) is 10.2 Å². The molecular formula is C23H32N2O5. The number of nitrogens with zero attached hydrogens (tertiary/aromatic N) is 1. The lowest BCUT2D eigenvalue weighted by Gasteiger charge is -2.31. The van der Waals surface area contributed by atoms with Crippen LogP contribution in [0.3, 0.4) is 0 Å². The van der Waals surface area contributed by atoms with Crippen LogP contribution in [0.25, 0.3) is 6.08 Å². The van der Waals surface area contributed by atoms with Crippen LogP contribution in [0.2, 0.25) is 0 Å². The number of hydrogen-bond donors (Lipinski definition) is 1. The molecule has 7 heteroatoms. The Hall–Kier alpha value is -2.96. The topological polar surface area (TPSA) is 92.8 Å². The van der Waals surface area contributed by atoms with Crippen molar-refractivity contribution in [3.05, 3.63) is 42.0 Å². The van der Waals surface area contributed by atoms with Crippen LogP contribution in [0, 0.1) is 11.8 Å². The van der Waals surface area contributed by atoms with Crippen molar-refractivity contribution in [1.29, 1.82) is 0 Å². The van der Waals surface area contributed by atoms with Crippen LogP contribution in [-0.4, -0.2) is 55.2 Å². The maximum atomic E-state index is 12.4. The van der Waals surface area contributed by atoms with Gasteiger partial charge in [-0.25, -0.2) is 0 Å². The van der Waals surface area contributed by atoms with E-state index < -0.39 is 6.04 Å². The number of nitrogens with one attached hydrogen (secondary N) is 1. The first-order valence-electron chi connectivity index (χ1n) is 10.1. The minimum Gasteiger partial charge on any atom is -0.471 e. The Bertz CT molecular complexity index is 722. The Balaban J connectivity index is 0.00000103. The molecule has 2 rings (SSSR count). The molecule has 0 aliphatic carbocycles. The van der Waals surface area contributed by atoms with Gasteiger partial charge in [-0.2, -0.15) is 0 Å². The number of ketones is 1. The van der Waals surface area contributed by atoms with Gasteiger partial charge >= 0.3 is 0 Å². The van der Waals surface area contributed by atoms with Crippen molar-refractivity contribution < 1.29 is 23.9 Å². The van der Waals surface area contributed by atoms with Crippen LogP contribution in [0.4, 0.5) is 0 Å². The SMILES string of the molecule is CC(=O)C(NC(=O)C1CCN(C(=O)/C=C/c2ccccc2)CC1)C(C)C.COC=O. The van der Waals surface area contributed by atoms with E-state index in [-0.39, 0.29) is 29.4 Å². The number of methoxy groups -OCH3 is 1. The minimum absolute atomic E-state index is 0.0213. The summed E-state index contributed by atoms with van der Waals surface area (Å²) in [6, 6.07) is 9.25. The molecule has 0 radical (unpaired) electrons. The molecule has 0 aromatic heterocycles. The van der Waals surface area contributed by atoms with Gasteiger partial charge in [0.05, 0.1) is 13.2 Å². The van der Waals surface area contributed by atoms with E-state index >= 15 is 0 Å². The van der Waals surface area contributed by atoms with Gasteiger partial charge in [0.2, 0.25) is 11.8 Å². The van der Waals surface area contributed by atoms with Gasteiger partial charge in [0.15, 0.2) is 5.78 Å². The molecule has 1 N–H and O–H groups in total. The summed E-state index contributed by atoms with van der Waals surface area (Å²) in [6.07, 6.45) is 4.64. The second-order valence-corrected chi connectivity index (χ2v) is 7.52. The lowest BCUT2D eigenvalue weighted by Crippen LogP contribution is -2.48. The first-order valence-corrected chi connectivity index (χ1v) is 10.1. The summed E-state index contributed by atoms with van der Waals surface area (Å²) in [5, 5.41) is 2.87. The second kappa shape index (κ2) is 13.3. The zero-order chi connectivity index (χ0) is 22.5. The summed E-state index contributed by atoms with van der Waals surface area (Å²) < 4.78 is 3.86. The molecule has 30 heavy (non-hydrogen) atoms. The predicted octanol–water partition coefficient (Wildman–Crippen LogP) is 2.46. The fourth-order valence-electron chi connectivity index (χ4n) is 3.21.